The van der Waals surface area contributed by atoms with Crippen LogP contribution in [0.25, 0.3) is 10.9 Å². The van der Waals surface area contributed by atoms with Gasteiger partial charge in [0.15, 0.2) is 0 Å². The summed E-state index contributed by atoms with van der Waals surface area (Å²) in [4.78, 5) is 4.41. The molecule has 2 N–H and O–H groups in total. The lowest BCUT2D eigenvalue weighted by atomic mass is 9.86. The van der Waals surface area contributed by atoms with Gasteiger partial charge >= 0.3 is 0 Å². The highest BCUT2D eigenvalue weighted by molar-refractivity contribution is 9.10. The highest BCUT2D eigenvalue weighted by atomic mass is 79.9. The first kappa shape index (κ1) is 14.2. The molecule has 1 aromatic heterocycles. The van der Waals surface area contributed by atoms with Gasteiger partial charge in [-0.3, -0.25) is 4.98 Å². The molecule has 3 rings (SSSR count). The van der Waals surface area contributed by atoms with Crippen LogP contribution < -0.4 is 5.73 Å². The van der Waals surface area contributed by atoms with Crippen LogP contribution in [0, 0.1) is 0 Å². The maximum atomic E-state index is 6.59. The van der Waals surface area contributed by atoms with Gasteiger partial charge in [-0.1, -0.05) is 46.3 Å². The third-order valence-corrected chi connectivity index (χ3v) is 4.27. The van der Waals surface area contributed by atoms with Crippen molar-refractivity contribution in [2.45, 2.75) is 18.9 Å². The topological polar surface area (TPSA) is 38.9 Å². The van der Waals surface area contributed by atoms with E-state index in [-0.39, 0.29) is 0 Å². The van der Waals surface area contributed by atoms with Crippen molar-refractivity contribution >= 4 is 26.8 Å². The van der Waals surface area contributed by atoms with Crippen LogP contribution in [0.15, 0.2) is 65.3 Å². The zero-order valence-electron chi connectivity index (χ0n) is 11.9. The highest BCUT2D eigenvalue weighted by Crippen LogP contribution is 2.28. The van der Waals surface area contributed by atoms with Crippen molar-refractivity contribution < 1.29 is 0 Å². The normalized spacial score (nSPS) is 14.0. The van der Waals surface area contributed by atoms with Gasteiger partial charge in [-0.05, 0) is 48.7 Å². The Balaban J connectivity index is 2.01. The fraction of sp³-hybridized carbons (Fsp3) is 0.167. The van der Waals surface area contributed by atoms with Gasteiger partial charge in [0, 0.05) is 21.6 Å². The van der Waals surface area contributed by atoms with Crippen molar-refractivity contribution in [3.05, 3.63) is 76.4 Å². The van der Waals surface area contributed by atoms with Gasteiger partial charge in [0.05, 0.1) is 5.52 Å². The molecule has 1 heterocycles. The Hall–Kier alpha value is -1.71. The van der Waals surface area contributed by atoms with Crippen LogP contribution in [0.3, 0.4) is 0 Å². The number of benzene rings is 2. The largest absolute Gasteiger partial charge is 0.321 e. The molecule has 1 atom stereocenters. The Morgan fingerprint density at radius 1 is 1.10 bits per heavy atom. The summed E-state index contributed by atoms with van der Waals surface area (Å²) in [6.07, 6.45) is 2.63. The van der Waals surface area contributed by atoms with Gasteiger partial charge < -0.3 is 5.73 Å². The van der Waals surface area contributed by atoms with Crippen molar-refractivity contribution in [1.29, 1.82) is 0 Å². The average molecular weight is 341 g/mol. The van der Waals surface area contributed by atoms with Crippen LogP contribution in [-0.2, 0) is 12.0 Å². The van der Waals surface area contributed by atoms with Crippen LogP contribution in [0.1, 0.15) is 18.1 Å². The average Bonchev–Trinajstić information content (AvgIpc) is 2.47. The number of rotatable bonds is 3. The SMILES string of the molecule is CC(N)(Cc1ccnc2ccccc12)c1cccc(Br)c1. The second-order valence-corrected chi connectivity index (χ2v) is 6.51. The summed E-state index contributed by atoms with van der Waals surface area (Å²) in [5, 5.41) is 1.17. The molecular formula is C18H17BrN2. The molecule has 0 fully saturated rings. The summed E-state index contributed by atoms with van der Waals surface area (Å²) in [7, 11) is 0. The van der Waals surface area contributed by atoms with E-state index in [0.29, 0.717) is 0 Å². The molecule has 3 heteroatoms. The number of nitrogens with zero attached hydrogens (tertiary/aromatic N) is 1. The van der Waals surface area contributed by atoms with Gasteiger partial charge in [0.1, 0.15) is 0 Å². The minimum Gasteiger partial charge on any atom is -0.321 e. The van der Waals surface area contributed by atoms with Gasteiger partial charge in [0.2, 0.25) is 0 Å². The monoisotopic (exact) mass is 340 g/mol. The van der Waals surface area contributed by atoms with Gasteiger partial charge in [0.25, 0.3) is 0 Å². The Morgan fingerprint density at radius 2 is 1.90 bits per heavy atom. The van der Waals surface area contributed by atoms with Crippen LogP contribution in [0.5, 0.6) is 0 Å². The molecule has 106 valence electrons. The van der Waals surface area contributed by atoms with Crippen molar-refractivity contribution in [3.8, 4) is 0 Å². The molecule has 0 spiro atoms. The minimum absolute atomic E-state index is 0.423. The van der Waals surface area contributed by atoms with Crippen molar-refractivity contribution in [2.24, 2.45) is 5.73 Å². The summed E-state index contributed by atoms with van der Waals surface area (Å²) >= 11 is 3.51. The molecular weight excluding hydrogens is 324 g/mol. The van der Waals surface area contributed by atoms with E-state index >= 15 is 0 Å². The lowest BCUT2D eigenvalue weighted by Gasteiger charge is -2.26. The number of halogens is 1. The van der Waals surface area contributed by atoms with Gasteiger partial charge in [-0.2, -0.15) is 0 Å². The molecule has 21 heavy (non-hydrogen) atoms. The first-order valence-corrected chi connectivity index (χ1v) is 7.73. The summed E-state index contributed by atoms with van der Waals surface area (Å²) in [5.74, 6) is 0. The Morgan fingerprint density at radius 3 is 2.71 bits per heavy atom. The van der Waals surface area contributed by atoms with E-state index in [1.54, 1.807) is 0 Å². The van der Waals surface area contributed by atoms with Gasteiger partial charge in [-0.15, -0.1) is 0 Å². The number of nitrogens with two attached hydrogens (primary N) is 1. The lowest BCUT2D eigenvalue weighted by molar-refractivity contribution is 0.493. The van der Waals surface area contributed by atoms with Crippen LogP contribution >= 0.6 is 15.9 Å². The zero-order valence-corrected chi connectivity index (χ0v) is 13.5. The Labute approximate surface area is 133 Å². The molecule has 1 unspecified atom stereocenters. The van der Waals surface area contributed by atoms with Crippen LogP contribution in [0.4, 0.5) is 0 Å². The predicted molar refractivity (Wildman–Crippen MR) is 91.1 cm³/mol. The molecule has 0 aliphatic heterocycles. The maximum absolute atomic E-state index is 6.59. The van der Waals surface area contributed by atoms with E-state index in [9.17, 15) is 0 Å². The maximum Gasteiger partial charge on any atom is 0.0704 e. The number of pyridine rings is 1. The fourth-order valence-corrected chi connectivity index (χ4v) is 3.05. The Kier molecular flexibility index (Phi) is 3.79. The molecule has 3 aromatic rings. The molecule has 0 saturated heterocycles. The van der Waals surface area contributed by atoms with E-state index in [2.05, 4.69) is 52.1 Å². The van der Waals surface area contributed by atoms with Crippen molar-refractivity contribution in [1.82, 2.24) is 4.98 Å². The molecule has 0 aliphatic carbocycles. The molecule has 0 bridgehead atoms. The molecule has 0 saturated carbocycles. The second-order valence-electron chi connectivity index (χ2n) is 5.59. The standard InChI is InChI=1S/C18H17BrN2/c1-18(20,14-5-4-6-15(19)11-14)12-13-9-10-21-17-8-3-2-7-16(13)17/h2-11H,12,20H2,1H3. The van der Waals surface area contributed by atoms with E-state index in [4.69, 9.17) is 5.73 Å². The lowest BCUT2D eigenvalue weighted by Crippen LogP contribution is -2.35. The van der Waals surface area contributed by atoms with E-state index in [1.807, 2.05) is 36.5 Å². The second kappa shape index (κ2) is 5.58. The quantitative estimate of drug-likeness (QED) is 0.766. The van der Waals surface area contributed by atoms with Crippen molar-refractivity contribution in [2.75, 3.05) is 0 Å². The molecule has 0 amide bonds. The molecule has 0 aliphatic rings. The van der Waals surface area contributed by atoms with Gasteiger partial charge in [-0.25, -0.2) is 0 Å². The summed E-state index contributed by atoms with van der Waals surface area (Å²) < 4.78 is 1.05. The number of aromatic nitrogens is 1. The fourth-order valence-electron chi connectivity index (χ4n) is 2.65. The third kappa shape index (κ3) is 2.99. The van der Waals surface area contributed by atoms with E-state index in [0.717, 1.165) is 22.0 Å². The first-order valence-electron chi connectivity index (χ1n) is 6.94. The molecule has 2 aromatic carbocycles. The van der Waals surface area contributed by atoms with Crippen LogP contribution in [-0.4, -0.2) is 4.98 Å². The van der Waals surface area contributed by atoms with E-state index < -0.39 is 5.54 Å². The first-order chi connectivity index (χ1) is 10.1. The minimum atomic E-state index is -0.423. The number of para-hydroxylation sites is 1. The summed E-state index contributed by atoms with van der Waals surface area (Å²) in [6, 6.07) is 18.5. The number of hydrogen-bond donors (Lipinski definition) is 1. The zero-order chi connectivity index (χ0) is 14.9. The van der Waals surface area contributed by atoms with Crippen molar-refractivity contribution in [3.63, 3.8) is 0 Å². The van der Waals surface area contributed by atoms with Crippen LogP contribution in [0.2, 0.25) is 0 Å². The number of fused-ring (bicyclic) bond motifs is 1. The smallest absolute Gasteiger partial charge is 0.0704 e. The number of hydrogen-bond acceptors (Lipinski definition) is 2. The summed E-state index contributed by atoms with van der Waals surface area (Å²) in [6.45, 7) is 2.07. The summed E-state index contributed by atoms with van der Waals surface area (Å²) in [5.41, 5.74) is 9.53. The molecule has 0 radical (unpaired) electrons. The highest BCUT2D eigenvalue weighted by Gasteiger charge is 2.22. The Bertz CT molecular complexity index is 776. The predicted octanol–water partition coefficient (Wildman–Crippen LogP) is 4.41. The third-order valence-electron chi connectivity index (χ3n) is 3.78. The molecule has 2 nitrogen and oxygen atoms in total. The van der Waals surface area contributed by atoms with E-state index in [1.165, 1.54) is 10.9 Å².